The zero-order chi connectivity index (χ0) is 19.1. The van der Waals surface area contributed by atoms with E-state index >= 15 is 0 Å². The first-order valence-electron chi connectivity index (χ1n) is 8.92. The number of carbonyl (C=O) groups excluding carboxylic acids is 4. The molecule has 0 aliphatic carbocycles. The van der Waals surface area contributed by atoms with E-state index in [2.05, 4.69) is 16.0 Å². The van der Waals surface area contributed by atoms with Crippen molar-refractivity contribution in [3.05, 3.63) is 34.9 Å². The number of imide groups is 2. The van der Waals surface area contributed by atoms with Gasteiger partial charge in [0.05, 0.1) is 17.2 Å². The number of piperidine rings is 1. The molecule has 3 aliphatic heterocycles. The van der Waals surface area contributed by atoms with Gasteiger partial charge in [-0.1, -0.05) is 6.07 Å². The molecule has 0 saturated carbocycles. The van der Waals surface area contributed by atoms with Gasteiger partial charge in [-0.25, -0.2) is 0 Å². The van der Waals surface area contributed by atoms with Gasteiger partial charge in [-0.3, -0.25) is 29.4 Å². The number of nitrogens with zero attached hydrogens (tertiary/aromatic N) is 1. The molecule has 0 bridgehead atoms. The molecular formula is C18H20N4O5. The quantitative estimate of drug-likeness (QED) is 0.474. The van der Waals surface area contributed by atoms with Crippen LogP contribution < -0.4 is 16.0 Å². The Hall–Kier alpha value is -2.62. The van der Waals surface area contributed by atoms with Crippen molar-refractivity contribution >= 4 is 23.6 Å². The van der Waals surface area contributed by atoms with Crippen LogP contribution in [0.3, 0.4) is 0 Å². The van der Waals surface area contributed by atoms with E-state index in [-0.39, 0.29) is 30.0 Å². The highest BCUT2D eigenvalue weighted by atomic mass is 16.3. The number of nitrogens with one attached hydrogen (secondary N) is 3. The average Bonchev–Trinajstić information content (AvgIpc) is 3.15. The summed E-state index contributed by atoms with van der Waals surface area (Å²) in [5.74, 6) is -2.05. The lowest BCUT2D eigenvalue weighted by atomic mass is 10.0. The van der Waals surface area contributed by atoms with Gasteiger partial charge in [0, 0.05) is 32.1 Å². The van der Waals surface area contributed by atoms with E-state index in [4.69, 9.17) is 0 Å². The molecule has 27 heavy (non-hydrogen) atoms. The summed E-state index contributed by atoms with van der Waals surface area (Å²) in [6.07, 6.45) is -0.237. The lowest BCUT2D eigenvalue weighted by molar-refractivity contribution is -0.136. The number of aliphatic hydroxyl groups is 1. The van der Waals surface area contributed by atoms with Gasteiger partial charge in [-0.15, -0.1) is 0 Å². The molecule has 0 radical (unpaired) electrons. The van der Waals surface area contributed by atoms with Crippen molar-refractivity contribution in [2.75, 3.05) is 13.1 Å². The Morgan fingerprint density at radius 3 is 2.59 bits per heavy atom. The smallest absolute Gasteiger partial charge is 0.262 e. The SMILES string of the molecule is O=C1CCC(N2C(=O)c3ccc(CN[C@H]4CNC[C@@H]4O)cc3C2=O)C(=O)N1. The highest BCUT2D eigenvalue weighted by Gasteiger charge is 2.44. The third-order valence-corrected chi connectivity index (χ3v) is 5.25. The van der Waals surface area contributed by atoms with Gasteiger partial charge in [0.15, 0.2) is 0 Å². The van der Waals surface area contributed by atoms with Gasteiger partial charge in [0.2, 0.25) is 11.8 Å². The van der Waals surface area contributed by atoms with Crippen LogP contribution in [0.1, 0.15) is 39.1 Å². The van der Waals surface area contributed by atoms with E-state index in [1.54, 1.807) is 18.2 Å². The van der Waals surface area contributed by atoms with Crippen LogP contribution in [-0.4, -0.2) is 64.9 Å². The molecule has 2 saturated heterocycles. The Balaban J connectivity index is 1.51. The number of hydrogen-bond acceptors (Lipinski definition) is 7. The van der Waals surface area contributed by atoms with Crippen molar-refractivity contribution in [1.29, 1.82) is 0 Å². The molecule has 4 rings (SSSR count). The maximum absolute atomic E-state index is 12.8. The first-order valence-corrected chi connectivity index (χ1v) is 8.92. The zero-order valence-corrected chi connectivity index (χ0v) is 14.5. The monoisotopic (exact) mass is 372 g/mol. The number of fused-ring (bicyclic) bond motifs is 1. The molecule has 0 aromatic heterocycles. The lowest BCUT2D eigenvalue weighted by Crippen LogP contribution is -2.54. The summed E-state index contributed by atoms with van der Waals surface area (Å²) >= 11 is 0. The number of amides is 4. The van der Waals surface area contributed by atoms with Crippen LogP contribution in [0.15, 0.2) is 18.2 Å². The second-order valence-electron chi connectivity index (χ2n) is 7.04. The van der Waals surface area contributed by atoms with Gasteiger partial charge in [-0.2, -0.15) is 0 Å². The zero-order valence-electron chi connectivity index (χ0n) is 14.5. The second-order valence-corrected chi connectivity index (χ2v) is 7.04. The lowest BCUT2D eigenvalue weighted by Gasteiger charge is -2.27. The van der Waals surface area contributed by atoms with Crippen LogP contribution in [0.2, 0.25) is 0 Å². The molecule has 0 spiro atoms. The molecule has 1 aromatic carbocycles. The Kier molecular flexibility index (Phi) is 4.50. The fourth-order valence-corrected chi connectivity index (χ4v) is 3.75. The van der Waals surface area contributed by atoms with Gasteiger partial charge in [0.25, 0.3) is 11.8 Å². The number of benzene rings is 1. The predicted molar refractivity (Wildman–Crippen MR) is 92.6 cm³/mol. The molecule has 142 valence electrons. The largest absolute Gasteiger partial charge is 0.390 e. The number of carbonyl (C=O) groups is 4. The maximum atomic E-state index is 12.8. The summed E-state index contributed by atoms with van der Waals surface area (Å²) in [6.45, 7) is 1.64. The number of β-amino-alcohol motifs (C(OH)–C–C–N with tert-alkyl or cyclic N) is 1. The van der Waals surface area contributed by atoms with E-state index in [0.29, 0.717) is 19.6 Å². The minimum atomic E-state index is -0.962. The van der Waals surface area contributed by atoms with Gasteiger partial charge < -0.3 is 15.7 Å². The van der Waals surface area contributed by atoms with Crippen LogP contribution in [0.5, 0.6) is 0 Å². The summed E-state index contributed by atoms with van der Waals surface area (Å²) in [7, 11) is 0. The van der Waals surface area contributed by atoms with E-state index < -0.39 is 35.8 Å². The van der Waals surface area contributed by atoms with Crippen LogP contribution in [-0.2, 0) is 16.1 Å². The van der Waals surface area contributed by atoms with Gasteiger partial charge in [-0.05, 0) is 24.1 Å². The van der Waals surface area contributed by atoms with E-state index in [9.17, 15) is 24.3 Å². The van der Waals surface area contributed by atoms with Crippen molar-refractivity contribution in [2.24, 2.45) is 0 Å². The first-order chi connectivity index (χ1) is 13.0. The van der Waals surface area contributed by atoms with Gasteiger partial charge >= 0.3 is 0 Å². The summed E-state index contributed by atoms with van der Waals surface area (Å²) < 4.78 is 0. The number of hydrogen-bond donors (Lipinski definition) is 4. The molecule has 3 heterocycles. The molecule has 4 amide bonds. The summed E-state index contributed by atoms with van der Waals surface area (Å²) in [5.41, 5.74) is 1.32. The fourth-order valence-electron chi connectivity index (χ4n) is 3.75. The highest BCUT2D eigenvalue weighted by Crippen LogP contribution is 2.28. The molecule has 2 fully saturated rings. The molecule has 3 aliphatic rings. The van der Waals surface area contributed by atoms with Crippen LogP contribution in [0.4, 0.5) is 0 Å². The minimum Gasteiger partial charge on any atom is -0.390 e. The fraction of sp³-hybridized carbons (Fsp3) is 0.444. The molecule has 9 nitrogen and oxygen atoms in total. The van der Waals surface area contributed by atoms with E-state index in [0.717, 1.165) is 10.5 Å². The third kappa shape index (κ3) is 3.14. The predicted octanol–water partition coefficient (Wildman–Crippen LogP) is -1.49. The van der Waals surface area contributed by atoms with E-state index in [1.165, 1.54) is 0 Å². The highest BCUT2D eigenvalue weighted by molar-refractivity contribution is 6.23. The normalized spacial score (nSPS) is 27.9. The van der Waals surface area contributed by atoms with Crippen LogP contribution >= 0.6 is 0 Å². The van der Waals surface area contributed by atoms with Crippen molar-refractivity contribution in [2.45, 2.75) is 37.6 Å². The molecule has 1 aromatic rings. The van der Waals surface area contributed by atoms with Gasteiger partial charge in [0.1, 0.15) is 6.04 Å². The molecule has 3 atom stereocenters. The molecular weight excluding hydrogens is 352 g/mol. The standard InChI is InChI=1S/C18H20N4O5/c23-14-8-19-7-12(14)20-6-9-1-2-10-11(5-9)18(27)22(17(10)26)13-3-4-15(24)21-16(13)25/h1-2,5,12-14,19-20,23H,3-4,6-8H2,(H,21,24,25)/t12-,13?,14-/m0/s1. The molecule has 1 unspecified atom stereocenters. The van der Waals surface area contributed by atoms with Crippen molar-refractivity contribution in [3.63, 3.8) is 0 Å². The first kappa shape index (κ1) is 17.8. The maximum Gasteiger partial charge on any atom is 0.262 e. The van der Waals surface area contributed by atoms with Crippen LogP contribution in [0, 0.1) is 0 Å². The summed E-state index contributed by atoms with van der Waals surface area (Å²) in [6, 6.07) is 3.94. The molecule has 4 N–H and O–H groups in total. The summed E-state index contributed by atoms with van der Waals surface area (Å²) in [4.78, 5) is 49.7. The topological polar surface area (TPSA) is 128 Å². The third-order valence-electron chi connectivity index (χ3n) is 5.25. The molecule has 9 heteroatoms. The van der Waals surface area contributed by atoms with E-state index in [1.807, 2.05) is 0 Å². The second kappa shape index (κ2) is 6.84. The van der Waals surface area contributed by atoms with Crippen molar-refractivity contribution in [1.82, 2.24) is 20.9 Å². The van der Waals surface area contributed by atoms with Crippen molar-refractivity contribution in [3.8, 4) is 0 Å². The Morgan fingerprint density at radius 1 is 1.11 bits per heavy atom. The average molecular weight is 372 g/mol. The Bertz CT molecular complexity index is 839. The number of aliphatic hydroxyl groups excluding tert-OH is 1. The Labute approximate surface area is 155 Å². The van der Waals surface area contributed by atoms with Crippen molar-refractivity contribution < 1.29 is 24.3 Å². The van der Waals surface area contributed by atoms with Crippen LogP contribution in [0.25, 0.3) is 0 Å². The minimum absolute atomic E-state index is 0.0736. The summed E-state index contributed by atoms with van der Waals surface area (Å²) in [5, 5.41) is 18.3. The Morgan fingerprint density at radius 2 is 1.89 bits per heavy atom. The number of rotatable bonds is 4.